The van der Waals surface area contributed by atoms with Crippen LogP contribution in [0.4, 0.5) is 0 Å². The number of carboxylic acid groups (broad SMARTS) is 1. The Kier molecular flexibility index (Phi) is 30.2. The van der Waals surface area contributed by atoms with Gasteiger partial charge in [0.25, 0.3) is 0 Å². The minimum absolute atomic E-state index is 0.346. The van der Waals surface area contributed by atoms with E-state index < -0.39 is 5.97 Å². The molecule has 1 N–H and O–H groups in total. The second-order valence-electron chi connectivity index (χ2n) is 12.0. The van der Waals surface area contributed by atoms with Crippen LogP contribution in [-0.4, -0.2) is 11.1 Å². The first-order valence-electron chi connectivity index (χ1n) is 16.9. The quantitative estimate of drug-likeness (QED) is 0.0945. The first kappa shape index (κ1) is 35.5. The zero-order valence-electron chi connectivity index (χ0n) is 25.1. The molecule has 0 aliphatic rings. The summed E-state index contributed by atoms with van der Waals surface area (Å²) in [5, 5.41) is 8.62. The summed E-state index contributed by atoms with van der Waals surface area (Å²) in [6, 6.07) is 0. The van der Waals surface area contributed by atoms with Gasteiger partial charge in [0.2, 0.25) is 0 Å². The van der Waals surface area contributed by atoms with Crippen molar-refractivity contribution in [2.24, 2.45) is 5.92 Å². The summed E-state index contributed by atoms with van der Waals surface area (Å²) < 4.78 is 0. The van der Waals surface area contributed by atoms with Crippen LogP contribution < -0.4 is 0 Å². The Hall–Kier alpha value is -0.530. The predicted molar refractivity (Wildman–Crippen MR) is 161 cm³/mol. The van der Waals surface area contributed by atoms with Crippen LogP contribution in [0.5, 0.6) is 0 Å². The lowest BCUT2D eigenvalue weighted by molar-refractivity contribution is -0.137. The molecule has 36 heavy (non-hydrogen) atoms. The molecule has 0 rings (SSSR count). The SMILES string of the molecule is CCC(C)CCCCCCCCCCCCCCCCCCCCCCCCCCCCCC(=O)O. The highest BCUT2D eigenvalue weighted by Crippen LogP contribution is 2.17. The summed E-state index contributed by atoms with van der Waals surface area (Å²) in [6.45, 7) is 4.71. The van der Waals surface area contributed by atoms with E-state index in [2.05, 4.69) is 13.8 Å². The van der Waals surface area contributed by atoms with E-state index in [0.717, 1.165) is 18.8 Å². The van der Waals surface area contributed by atoms with Crippen LogP contribution >= 0.6 is 0 Å². The summed E-state index contributed by atoms with van der Waals surface area (Å²) in [6.07, 6.45) is 40.9. The van der Waals surface area contributed by atoms with E-state index in [1.54, 1.807) is 0 Å². The molecular formula is C34H68O2. The molecule has 0 aliphatic heterocycles. The zero-order valence-corrected chi connectivity index (χ0v) is 25.1. The third kappa shape index (κ3) is 31.5. The van der Waals surface area contributed by atoms with E-state index in [4.69, 9.17) is 5.11 Å². The van der Waals surface area contributed by atoms with Gasteiger partial charge in [0.15, 0.2) is 0 Å². The molecule has 0 saturated heterocycles. The number of unbranched alkanes of at least 4 members (excludes halogenated alkanes) is 26. The van der Waals surface area contributed by atoms with Gasteiger partial charge in [-0.2, -0.15) is 0 Å². The number of aliphatic carboxylic acids is 1. The van der Waals surface area contributed by atoms with E-state index in [1.165, 1.54) is 173 Å². The van der Waals surface area contributed by atoms with Crippen molar-refractivity contribution in [3.8, 4) is 0 Å². The monoisotopic (exact) mass is 509 g/mol. The smallest absolute Gasteiger partial charge is 0.303 e. The van der Waals surface area contributed by atoms with Crippen molar-refractivity contribution in [1.29, 1.82) is 0 Å². The average molecular weight is 509 g/mol. The first-order valence-corrected chi connectivity index (χ1v) is 16.9. The fourth-order valence-electron chi connectivity index (χ4n) is 5.39. The van der Waals surface area contributed by atoms with Crippen molar-refractivity contribution in [1.82, 2.24) is 0 Å². The lowest BCUT2D eigenvalue weighted by Crippen LogP contribution is -1.93. The number of hydrogen-bond acceptors (Lipinski definition) is 1. The van der Waals surface area contributed by atoms with Crippen LogP contribution in [0, 0.1) is 5.92 Å². The van der Waals surface area contributed by atoms with Crippen LogP contribution in [-0.2, 0) is 4.79 Å². The second kappa shape index (κ2) is 30.7. The number of rotatable bonds is 31. The molecule has 0 spiro atoms. The second-order valence-corrected chi connectivity index (χ2v) is 12.0. The maximum absolute atomic E-state index is 10.5. The Morgan fingerprint density at radius 3 is 0.889 bits per heavy atom. The predicted octanol–water partition coefficient (Wildman–Crippen LogP) is 12.4. The third-order valence-corrected chi connectivity index (χ3v) is 8.28. The molecule has 2 nitrogen and oxygen atoms in total. The van der Waals surface area contributed by atoms with Gasteiger partial charge in [-0.3, -0.25) is 4.79 Å². The Morgan fingerprint density at radius 2 is 0.667 bits per heavy atom. The Balaban J connectivity index is 3.04. The van der Waals surface area contributed by atoms with Crippen LogP contribution in [0.1, 0.15) is 206 Å². The van der Waals surface area contributed by atoms with E-state index in [1.807, 2.05) is 0 Å². The van der Waals surface area contributed by atoms with Crippen LogP contribution in [0.25, 0.3) is 0 Å². The fourth-order valence-corrected chi connectivity index (χ4v) is 5.39. The van der Waals surface area contributed by atoms with Gasteiger partial charge in [0.05, 0.1) is 0 Å². The number of carboxylic acids is 1. The van der Waals surface area contributed by atoms with Gasteiger partial charge in [0.1, 0.15) is 0 Å². The van der Waals surface area contributed by atoms with Gasteiger partial charge in [0, 0.05) is 6.42 Å². The van der Waals surface area contributed by atoms with Gasteiger partial charge >= 0.3 is 5.97 Å². The molecule has 0 aliphatic carbocycles. The molecule has 2 heteroatoms. The van der Waals surface area contributed by atoms with E-state index >= 15 is 0 Å². The summed E-state index contributed by atoms with van der Waals surface area (Å²) in [7, 11) is 0. The molecule has 1 unspecified atom stereocenters. The summed E-state index contributed by atoms with van der Waals surface area (Å²) in [5.41, 5.74) is 0. The molecule has 0 radical (unpaired) electrons. The van der Waals surface area contributed by atoms with Gasteiger partial charge in [-0.15, -0.1) is 0 Å². The van der Waals surface area contributed by atoms with Gasteiger partial charge < -0.3 is 5.11 Å². The van der Waals surface area contributed by atoms with Crippen molar-refractivity contribution in [2.75, 3.05) is 0 Å². The largest absolute Gasteiger partial charge is 0.481 e. The van der Waals surface area contributed by atoms with Gasteiger partial charge in [-0.25, -0.2) is 0 Å². The van der Waals surface area contributed by atoms with Crippen molar-refractivity contribution in [3.05, 3.63) is 0 Å². The minimum Gasteiger partial charge on any atom is -0.481 e. The molecule has 0 amide bonds. The van der Waals surface area contributed by atoms with Crippen molar-refractivity contribution in [2.45, 2.75) is 206 Å². The molecule has 0 heterocycles. The first-order chi connectivity index (χ1) is 17.7. The highest BCUT2D eigenvalue weighted by atomic mass is 16.4. The molecule has 216 valence electrons. The third-order valence-electron chi connectivity index (χ3n) is 8.28. The minimum atomic E-state index is -0.648. The Morgan fingerprint density at radius 1 is 0.444 bits per heavy atom. The molecule has 0 bridgehead atoms. The molecule has 1 atom stereocenters. The highest BCUT2D eigenvalue weighted by Gasteiger charge is 1.99. The summed E-state index contributed by atoms with van der Waals surface area (Å²) in [4.78, 5) is 10.5. The lowest BCUT2D eigenvalue weighted by Gasteiger charge is -2.07. The Labute approximate surface area is 228 Å². The number of hydrogen-bond donors (Lipinski definition) is 1. The molecule has 0 aromatic rings. The van der Waals surface area contributed by atoms with E-state index in [0.29, 0.717) is 6.42 Å². The van der Waals surface area contributed by atoms with Crippen molar-refractivity contribution >= 4 is 5.97 Å². The molecular weight excluding hydrogens is 440 g/mol. The Bertz CT molecular complexity index is 419. The molecule has 0 saturated carbocycles. The maximum atomic E-state index is 10.5. The van der Waals surface area contributed by atoms with Crippen LogP contribution in [0.3, 0.4) is 0 Å². The normalized spacial score (nSPS) is 12.3. The maximum Gasteiger partial charge on any atom is 0.303 e. The standard InChI is InChI=1S/C34H68O2/c1-3-33(2)31-29-27-25-23-21-19-17-15-13-11-9-7-5-4-6-8-10-12-14-16-18-20-22-24-26-28-30-32-34(35)36/h33H,3-32H2,1-2H3,(H,35,36). The van der Waals surface area contributed by atoms with Gasteiger partial charge in [-0.05, 0) is 12.3 Å². The van der Waals surface area contributed by atoms with Crippen LogP contribution in [0.15, 0.2) is 0 Å². The van der Waals surface area contributed by atoms with Crippen LogP contribution in [0.2, 0.25) is 0 Å². The number of carbonyl (C=O) groups is 1. The average Bonchev–Trinajstić information content (AvgIpc) is 2.87. The summed E-state index contributed by atoms with van der Waals surface area (Å²) >= 11 is 0. The van der Waals surface area contributed by atoms with E-state index in [-0.39, 0.29) is 0 Å². The topological polar surface area (TPSA) is 37.3 Å². The fraction of sp³-hybridized carbons (Fsp3) is 0.971. The van der Waals surface area contributed by atoms with Gasteiger partial charge in [-0.1, -0.05) is 194 Å². The molecule has 0 fully saturated rings. The molecule has 0 aromatic heterocycles. The molecule has 0 aromatic carbocycles. The van der Waals surface area contributed by atoms with Crippen molar-refractivity contribution in [3.63, 3.8) is 0 Å². The van der Waals surface area contributed by atoms with Crippen molar-refractivity contribution < 1.29 is 9.90 Å². The van der Waals surface area contributed by atoms with E-state index in [9.17, 15) is 4.79 Å². The zero-order chi connectivity index (χ0) is 26.4. The highest BCUT2D eigenvalue weighted by molar-refractivity contribution is 5.66. The summed E-state index contributed by atoms with van der Waals surface area (Å²) in [5.74, 6) is 0.290. The lowest BCUT2D eigenvalue weighted by atomic mass is 9.99.